The van der Waals surface area contributed by atoms with Crippen LogP contribution in [0.2, 0.25) is 0 Å². The Morgan fingerprint density at radius 2 is 1.84 bits per heavy atom. The van der Waals surface area contributed by atoms with E-state index in [0.717, 1.165) is 5.56 Å². The molecule has 19 heavy (non-hydrogen) atoms. The summed E-state index contributed by atoms with van der Waals surface area (Å²) < 4.78 is 0. The van der Waals surface area contributed by atoms with Gasteiger partial charge in [-0.3, -0.25) is 10.2 Å². The number of amides is 1. The van der Waals surface area contributed by atoms with E-state index in [1.807, 2.05) is 37.4 Å². The molecule has 106 valence electrons. The van der Waals surface area contributed by atoms with Crippen molar-refractivity contribution in [2.24, 2.45) is 11.8 Å². The number of rotatable bonds is 6. The molecule has 3 N–H and O–H groups in total. The molecule has 0 aliphatic carbocycles. The summed E-state index contributed by atoms with van der Waals surface area (Å²) in [6, 6.07) is 10.2. The zero-order valence-electron chi connectivity index (χ0n) is 12.3. The Bertz CT molecular complexity index is 392. The Labute approximate surface area is 115 Å². The van der Waals surface area contributed by atoms with Gasteiger partial charge < -0.3 is 4.90 Å². The lowest BCUT2D eigenvalue weighted by atomic mass is 9.96. The summed E-state index contributed by atoms with van der Waals surface area (Å²) in [5, 5.41) is 0. The third-order valence-electron chi connectivity index (χ3n) is 3.79. The van der Waals surface area contributed by atoms with Crippen molar-refractivity contribution in [2.75, 3.05) is 13.6 Å². The van der Waals surface area contributed by atoms with Crippen LogP contribution in [-0.2, 0) is 4.79 Å². The van der Waals surface area contributed by atoms with Crippen LogP contribution in [0, 0.1) is 5.92 Å². The van der Waals surface area contributed by atoms with E-state index in [2.05, 4.69) is 31.1 Å². The Kier molecular flexibility index (Phi) is 5.99. The first-order valence-corrected chi connectivity index (χ1v) is 6.73. The van der Waals surface area contributed by atoms with Crippen LogP contribution in [0.4, 0.5) is 0 Å². The molecule has 1 aromatic carbocycles. The number of hydrazine groups is 1. The van der Waals surface area contributed by atoms with Crippen molar-refractivity contribution in [2.45, 2.75) is 32.7 Å². The average Bonchev–Trinajstić information content (AvgIpc) is 2.43. The monoisotopic (exact) mass is 263 g/mol. The molecular weight excluding hydrogens is 238 g/mol. The maximum absolute atomic E-state index is 12.0. The maximum Gasteiger partial charge on any atom is 0.242 e. The number of hydrogen-bond donors (Lipinski definition) is 2. The molecule has 0 aliphatic heterocycles. The van der Waals surface area contributed by atoms with Crippen molar-refractivity contribution >= 4 is 5.91 Å². The van der Waals surface area contributed by atoms with Gasteiger partial charge in [0.25, 0.3) is 0 Å². The van der Waals surface area contributed by atoms with Crippen LogP contribution in [0.1, 0.15) is 32.3 Å². The average molecular weight is 263 g/mol. The molecule has 1 rings (SSSR count). The number of nitrogens with zero attached hydrogens (tertiary/aromatic N) is 1. The molecule has 1 aromatic rings. The van der Waals surface area contributed by atoms with Crippen LogP contribution in [0.25, 0.3) is 0 Å². The fourth-order valence-corrected chi connectivity index (χ4v) is 2.09. The first kappa shape index (κ1) is 15.7. The first-order valence-electron chi connectivity index (χ1n) is 6.73. The second-order valence-electron chi connectivity index (χ2n) is 5.40. The molecule has 2 unspecified atom stereocenters. The Balaban J connectivity index is 2.85. The van der Waals surface area contributed by atoms with E-state index < -0.39 is 0 Å². The van der Waals surface area contributed by atoms with Crippen molar-refractivity contribution in [1.82, 2.24) is 10.3 Å². The molecule has 0 heterocycles. The standard InChI is InChI=1S/C15H25N3O/c1-11(2)12(3)18(4)10-14(15(19)17-16)13-8-6-5-7-9-13/h5-9,11-12,14H,10,16H2,1-4H3,(H,17,19). The second kappa shape index (κ2) is 7.26. The molecule has 0 fully saturated rings. The van der Waals surface area contributed by atoms with Crippen LogP contribution >= 0.6 is 0 Å². The highest BCUT2D eigenvalue weighted by Gasteiger charge is 2.24. The molecular formula is C15H25N3O. The normalized spacial score (nSPS) is 14.5. The molecule has 0 spiro atoms. The van der Waals surface area contributed by atoms with Gasteiger partial charge >= 0.3 is 0 Å². The second-order valence-corrected chi connectivity index (χ2v) is 5.40. The SMILES string of the molecule is CC(C)C(C)N(C)CC(C(=O)NN)c1ccccc1. The predicted molar refractivity (Wildman–Crippen MR) is 78.4 cm³/mol. The summed E-state index contributed by atoms with van der Waals surface area (Å²) >= 11 is 0. The Morgan fingerprint density at radius 1 is 1.26 bits per heavy atom. The summed E-state index contributed by atoms with van der Waals surface area (Å²) in [6.07, 6.45) is 0. The van der Waals surface area contributed by atoms with Gasteiger partial charge in [0.1, 0.15) is 0 Å². The zero-order chi connectivity index (χ0) is 14.4. The minimum absolute atomic E-state index is 0.144. The van der Waals surface area contributed by atoms with Crippen LogP contribution in [0.5, 0.6) is 0 Å². The molecule has 4 nitrogen and oxygen atoms in total. The summed E-state index contributed by atoms with van der Waals surface area (Å²) in [5.74, 6) is 5.46. The van der Waals surface area contributed by atoms with E-state index in [4.69, 9.17) is 5.84 Å². The highest BCUT2D eigenvalue weighted by Crippen LogP contribution is 2.19. The van der Waals surface area contributed by atoms with E-state index in [1.54, 1.807) is 0 Å². The number of nitrogens with two attached hydrogens (primary N) is 1. The molecule has 0 saturated heterocycles. The van der Waals surface area contributed by atoms with E-state index in [9.17, 15) is 4.79 Å². The van der Waals surface area contributed by atoms with Gasteiger partial charge in [0, 0.05) is 12.6 Å². The third kappa shape index (κ3) is 4.33. The van der Waals surface area contributed by atoms with Gasteiger partial charge in [0.05, 0.1) is 5.92 Å². The lowest BCUT2D eigenvalue weighted by Crippen LogP contribution is -2.42. The fourth-order valence-electron chi connectivity index (χ4n) is 2.09. The van der Waals surface area contributed by atoms with Gasteiger partial charge in [0.15, 0.2) is 0 Å². The Morgan fingerprint density at radius 3 is 2.32 bits per heavy atom. The Hall–Kier alpha value is -1.39. The summed E-state index contributed by atoms with van der Waals surface area (Å²) in [7, 11) is 2.05. The lowest BCUT2D eigenvalue weighted by molar-refractivity contribution is -0.123. The summed E-state index contributed by atoms with van der Waals surface area (Å²) in [6.45, 7) is 7.20. The van der Waals surface area contributed by atoms with Crippen LogP contribution in [0.15, 0.2) is 30.3 Å². The molecule has 0 bridgehead atoms. The van der Waals surface area contributed by atoms with Gasteiger partial charge in [-0.2, -0.15) is 0 Å². The van der Waals surface area contributed by atoms with Crippen LogP contribution in [0.3, 0.4) is 0 Å². The number of likely N-dealkylation sites (N-methyl/N-ethyl adjacent to an activating group) is 1. The topological polar surface area (TPSA) is 58.4 Å². The highest BCUT2D eigenvalue weighted by atomic mass is 16.2. The third-order valence-corrected chi connectivity index (χ3v) is 3.79. The number of nitrogens with one attached hydrogen (secondary N) is 1. The summed E-state index contributed by atoms with van der Waals surface area (Å²) in [4.78, 5) is 14.2. The number of carbonyl (C=O) groups is 1. The van der Waals surface area contributed by atoms with Crippen molar-refractivity contribution < 1.29 is 4.79 Å². The molecule has 2 atom stereocenters. The zero-order valence-corrected chi connectivity index (χ0v) is 12.3. The quantitative estimate of drug-likeness (QED) is 0.467. The maximum atomic E-state index is 12.0. The van der Waals surface area contributed by atoms with E-state index in [0.29, 0.717) is 18.5 Å². The van der Waals surface area contributed by atoms with Gasteiger partial charge in [-0.1, -0.05) is 44.2 Å². The number of benzene rings is 1. The smallest absolute Gasteiger partial charge is 0.242 e. The van der Waals surface area contributed by atoms with Gasteiger partial charge in [-0.25, -0.2) is 5.84 Å². The lowest BCUT2D eigenvalue weighted by Gasteiger charge is -2.30. The first-order chi connectivity index (χ1) is 8.97. The molecule has 0 saturated carbocycles. The predicted octanol–water partition coefficient (Wildman–Crippen LogP) is 1.74. The van der Waals surface area contributed by atoms with Crippen LogP contribution in [-0.4, -0.2) is 30.4 Å². The molecule has 4 heteroatoms. The van der Waals surface area contributed by atoms with E-state index in [1.165, 1.54) is 0 Å². The molecule has 0 radical (unpaired) electrons. The van der Waals surface area contributed by atoms with Crippen LogP contribution < -0.4 is 11.3 Å². The van der Waals surface area contributed by atoms with Gasteiger partial charge in [-0.05, 0) is 25.5 Å². The van der Waals surface area contributed by atoms with E-state index in [-0.39, 0.29) is 11.8 Å². The van der Waals surface area contributed by atoms with E-state index >= 15 is 0 Å². The minimum atomic E-state index is -0.239. The number of carbonyl (C=O) groups excluding carboxylic acids is 1. The fraction of sp³-hybridized carbons (Fsp3) is 0.533. The highest BCUT2D eigenvalue weighted by molar-refractivity contribution is 5.83. The minimum Gasteiger partial charge on any atom is -0.302 e. The summed E-state index contributed by atoms with van der Waals surface area (Å²) in [5.41, 5.74) is 3.27. The van der Waals surface area contributed by atoms with Gasteiger partial charge in [-0.15, -0.1) is 0 Å². The largest absolute Gasteiger partial charge is 0.302 e. The van der Waals surface area contributed by atoms with Crippen molar-refractivity contribution in [1.29, 1.82) is 0 Å². The van der Waals surface area contributed by atoms with Crippen molar-refractivity contribution in [3.63, 3.8) is 0 Å². The molecule has 0 aromatic heterocycles. The van der Waals surface area contributed by atoms with Crippen molar-refractivity contribution in [3.05, 3.63) is 35.9 Å². The van der Waals surface area contributed by atoms with Gasteiger partial charge in [0.2, 0.25) is 5.91 Å². The molecule has 0 aliphatic rings. The molecule has 1 amide bonds. The van der Waals surface area contributed by atoms with Crippen molar-refractivity contribution in [3.8, 4) is 0 Å². The number of hydrogen-bond acceptors (Lipinski definition) is 3.